The molecule has 2 aromatic carbocycles. The number of hydroxylamine groups is 1. The SMILES string of the molecule is CN(O[SH](=O)=O)c1ccc2cc(C(=O)Nc3cccc(S(=O)(=O)c4cccnc4)c3)[nH]c2c1. The molecule has 2 N–H and O–H groups in total. The Balaban J connectivity index is 1.57. The van der Waals surface area contributed by atoms with Crippen LogP contribution < -0.4 is 10.4 Å². The zero-order chi connectivity index (χ0) is 23.6. The molecule has 12 heteroatoms. The van der Waals surface area contributed by atoms with Crippen molar-refractivity contribution in [3.63, 3.8) is 0 Å². The number of aromatic amines is 1. The number of benzene rings is 2. The van der Waals surface area contributed by atoms with Gasteiger partial charge < -0.3 is 10.3 Å². The summed E-state index contributed by atoms with van der Waals surface area (Å²) in [6, 6.07) is 15.5. The monoisotopic (exact) mass is 486 g/mol. The second-order valence-corrected chi connectivity index (χ2v) is 9.49. The lowest BCUT2D eigenvalue weighted by atomic mass is 10.2. The minimum Gasteiger partial charge on any atom is -0.350 e. The van der Waals surface area contributed by atoms with E-state index in [0.717, 1.165) is 10.4 Å². The minimum atomic E-state index is -3.79. The highest BCUT2D eigenvalue weighted by atomic mass is 32.2. The highest BCUT2D eigenvalue weighted by Gasteiger charge is 2.19. The first-order valence-electron chi connectivity index (χ1n) is 9.49. The molecule has 170 valence electrons. The number of aromatic nitrogens is 2. The van der Waals surface area contributed by atoms with Gasteiger partial charge in [-0.2, -0.15) is 4.28 Å². The van der Waals surface area contributed by atoms with Gasteiger partial charge in [0.05, 0.1) is 15.5 Å². The average Bonchev–Trinajstić information content (AvgIpc) is 3.23. The molecule has 4 rings (SSSR count). The van der Waals surface area contributed by atoms with Crippen LogP contribution in [0.25, 0.3) is 10.9 Å². The Morgan fingerprint density at radius 1 is 1.06 bits per heavy atom. The summed E-state index contributed by atoms with van der Waals surface area (Å²) in [7, 11) is -5.41. The molecule has 0 fully saturated rings. The first-order valence-corrected chi connectivity index (χ1v) is 12.1. The Bertz CT molecular complexity index is 1510. The lowest BCUT2D eigenvalue weighted by molar-refractivity contribution is 0.102. The maximum Gasteiger partial charge on any atom is 0.277 e. The van der Waals surface area contributed by atoms with Gasteiger partial charge in [-0.15, -0.1) is 0 Å². The standard InChI is InChI=1S/C21H18N4O6S2/c1-25(31-32(27)28)16-8-7-14-10-20(24-19(14)12-16)21(26)23-15-4-2-5-17(11-15)33(29,30)18-6-3-9-22-13-18/h2-13,24,32H,1H3,(H,23,26). The molecule has 0 saturated carbocycles. The van der Waals surface area contributed by atoms with Crippen LogP contribution in [-0.2, 0) is 25.1 Å². The van der Waals surface area contributed by atoms with E-state index in [9.17, 15) is 21.6 Å². The number of thiol groups is 1. The molecule has 0 spiro atoms. The van der Waals surface area contributed by atoms with Crippen LogP contribution in [-0.4, -0.2) is 39.8 Å². The van der Waals surface area contributed by atoms with Gasteiger partial charge in [-0.05, 0) is 48.5 Å². The first-order chi connectivity index (χ1) is 15.7. The third-order valence-corrected chi connectivity index (χ3v) is 6.87. The van der Waals surface area contributed by atoms with E-state index in [1.165, 1.54) is 49.8 Å². The molecular weight excluding hydrogens is 468 g/mol. The molecule has 0 atom stereocenters. The lowest BCUT2D eigenvalue weighted by Gasteiger charge is -2.13. The Morgan fingerprint density at radius 3 is 2.58 bits per heavy atom. The summed E-state index contributed by atoms with van der Waals surface area (Å²) < 4.78 is 51.7. The summed E-state index contributed by atoms with van der Waals surface area (Å²) in [5, 5.41) is 4.48. The smallest absolute Gasteiger partial charge is 0.277 e. The van der Waals surface area contributed by atoms with E-state index >= 15 is 0 Å². The van der Waals surface area contributed by atoms with Gasteiger partial charge in [0.25, 0.3) is 16.9 Å². The average molecular weight is 487 g/mol. The number of pyridine rings is 1. The topological polar surface area (TPSA) is 139 Å². The molecule has 0 unspecified atom stereocenters. The van der Waals surface area contributed by atoms with Crippen LogP contribution in [0.4, 0.5) is 11.4 Å². The molecule has 0 aliphatic carbocycles. The third kappa shape index (κ3) is 4.87. The fourth-order valence-electron chi connectivity index (χ4n) is 3.16. The van der Waals surface area contributed by atoms with Gasteiger partial charge in [0.1, 0.15) is 5.69 Å². The molecule has 33 heavy (non-hydrogen) atoms. The van der Waals surface area contributed by atoms with Crippen LogP contribution in [0.2, 0.25) is 0 Å². The van der Waals surface area contributed by atoms with Crippen LogP contribution >= 0.6 is 0 Å². The second-order valence-electron chi connectivity index (χ2n) is 6.93. The number of sulfone groups is 1. The van der Waals surface area contributed by atoms with E-state index in [4.69, 9.17) is 0 Å². The van der Waals surface area contributed by atoms with Crippen molar-refractivity contribution in [2.24, 2.45) is 0 Å². The number of carbonyl (C=O) groups excluding carboxylic acids is 1. The second kappa shape index (κ2) is 9.02. The normalized spacial score (nSPS) is 11.6. The zero-order valence-electron chi connectivity index (χ0n) is 17.1. The van der Waals surface area contributed by atoms with Crippen LogP contribution in [0, 0.1) is 0 Å². The highest BCUT2D eigenvalue weighted by Crippen LogP contribution is 2.25. The van der Waals surface area contributed by atoms with Crippen molar-refractivity contribution in [1.29, 1.82) is 0 Å². The molecule has 0 saturated heterocycles. The molecule has 10 nitrogen and oxygen atoms in total. The van der Waals surface area contributed by atoms with Crippen LogP contribution in [0.5, 0.6) is 0 Å². The number of carbonyl (C=O) groups is 1. The maximum atomic E-state index is 12.8. The maximum absolute atomic E-state index is 12.8. The number of anilines is 2. The van der Waals surface area contributed by atoms with Crippen LogP contribution in [0.15, 0.2) is 82.8 Å². The molecule has 0 aliphatic heterocycles. The summed E-state index contributed by atoms with van der Waals surface area (Å²) >= 11 is 0. The summed E-state index contributed by atoms with van der Waals surface area (Å²) in [5.74, 6) is -0.476. The van der Waals surface area contributed by atoms with E-state index < -0.39 is 26.7 Å². The summed E-state index contributed by atoms with van der Waals surface area (Å²) in [6.45, 7) is 0. The predicted octanol–water partition coefficient (Wildman–Crippen LogP) is 2.54. The molecule has 2 heterocycles. The van der Waals surface area contributed by atoms with E-state index in [1.807, 2.05) is 0 Å². The third-order valence-electron chi connectivity index (χ3n) is 4.75. The molecule has 4 aromatic rings. The number of fused-ring (bicyclic) bond motifs is 1. The Kier molecular flexibility index (Phi) is 6.14. The van der Waals surface area contributed by atoms with Crippen molar-refractivity contribution in [2.75, 3.05) is 17.4 Å². The van der Waals surface area contributed by atoms with Crippen molar-refractivity contribution >= 4 is 49.0 Å². The van der Waals surface area contributed by atoms with Gasteiger partial charge in [0.2, 0.25) is 9.84 Å². The Morgan fingerprint density at radius 2 is 1.85 bits per heavy atom. The first kappa shape index (κ1) is 22.5. The fourth-order valence-corrected chi connectivity index (χ4v) is 4.73. The number of H-pyrrole nitrogens is 1. The zero-order valence-corrected chi connectivity index (χ0v) is 18.8. The summed E-state index contributed by atoms with van der Waals surface area (Å²) in [6.07, 6.45) is 2.74. The van der Waals surface area contributed by atoms with Crippen molar-refractivity contribution < 1.29 is 25.9 Å². The number of nitrogens with one attached hydrogen (secondary N) is 2. The van der Waals surface area contributed by atoms with Gasteiger partial charge in [0.15, 0.2) is 0 Å². The van der Waals surface area contributed by atoms with Crippen molar-refractivity contribution in [1.82, 2.24) is 9.97 Å². The number of rotatable bonds is 7. The molecule has 1 amide bonds. The van der Waals surface area contributed by atoms with Crippen molar-refractivity contribution in [2.45, 2.75) is 9.79 Å². The van der Waals surface area contributed by atoms with E-state index in [-0.39, 0.29) is 15.5 Å². The number of hydrogen-bond donors (Lipinski definition) is 3. The molecular formula is C21H18N4O6S2. The van der Waals surface area contributed by atoms with E-state index in [1.54, 1.807) is 30.3 Å². The van der Waals surface area contributed by atoms with E-state index in [2.05, 4.69) is 19.6 Å². The van der Waals surface area contributed by atoms with E-state index in [0.29, 0.717) is 16.9 Å². The highest BCUT2D eigenvalue weighted by molar-refractivity contribution is 7.91. The lowest BCUT2D eigenvalue weighted by Crippen LogP contribution is -2.16. The summed E-state index contributed by atoms with van der Waals surface area (Å²) in [5.41, 5.74) is 1.59. The van der Waals surface area contributed by atoms with Gasteiger partial charge in [-0.1, -0.05) is 12.1 Å². The molecule has 0 bridgehead atoms. The molecule has 2 aromatic heterocycles. The quantitative estimate of drug-likeness (QED) is 0.268. The fraction of sp³-hybridized carbons (Fsp3) is 0.0476. The Labute approximate surface area is 190 Å². The van der Waals surface area contributed by atoms with Gasteiger partial charge in [-0.3, -0.25) is 9.78 Å². The van der Waals surface area contributed by atoms with Crippen molar-refractivity contribution in [3.05, 3.63) is 78.8 Å². The number of amides is 1. The van der Waals surface area contributed by atoms with Gasteiger partial charge in [0, 0.05) is 36.0 Å². The minimum absolute atomic E-state index is 0.0225. The molecule has 0 aliphatic rings. The number of nitrogens with zero attached hydrogens (tertiary/aromatic N) is 2. The van der Waals surface area contributed by atoms with Crippen LogP contribution in [0.1, 0.15) is 10.5 Å². The largest absolute Gasteiger partial charge is 0.350 e. The van der Waals surface area contributed by atoms with Gasteiger partial charge >= 0.3 is 0 Å². The predicted molar refractivity (Wildman–Crippen MR) is 122 cm³/mol. The van der Waals surface area contributed by atoms with Crippen LogP contribution in [0.3, 0.4) is 0 Å². The molecule has 0 radical (unpaired) electrons. The van der Waals surface area contributed by atoms with Gasteiger partial charge in [-0.25, -0.2) is 21.9 Å². The Hall–Kier alpha value is -3.74. The van der Waals surface area contributed by atoms with Crippen molar-refractivity contribution in [3.8, 4) is 0 Å². The summed E-state index contributed by atoms with van der Waals surface area (Å²) in [4.78, 5) is 19.6. The number of hydrogen-bond acceptors (Lipinski definition) is 8.